The minimum atomic E-state index is -1.10. The number of aromatic nitrogens is 1. The topological polar surface area (TPSA) is 161 Å². The third-order valence-corrected chi connectivity index (χ3v) is 7.51. The molecule has 0 unspecified atom stereocenters. The standard InChI is InChI=1S/C25H32Br2N6O5/c26-18-13-16(14-19(27)22(18)34)15-20(28)23(35)31-21(3-1-2-6-30-25(37)38)24(36)33-11-9-32(10-12-33)17-4-7-29-8-5-17/h4-5,7-8,13-14,20-21,30,34H,1-3,6,9-12,15,28H2,(H,31,35)(H,37,38)/t20-,21-/m1/s1. The van der Waals surface area contributed by atoms with Crippen LogP contribution in [0.25, 0.3) is 0 Å². The molecule has 1 aliphatic heterocycles. The van der Waals surface area contributed by atoms with E-state index in [1.807, 2.05) is 12.1 Å². The predicted octanol–water partition coefficient (Wildman–Crippen LogP) is 2.45. The van der Waals surface area contributed by atoms with Gasteiger partial charge < -0.3 is 36.4 Å². The number of benzene rings is 1. The van der Waals surface area contributed by atoms with Gasteiger partial charge in [0.15, 0.2) is 0 Å². The molecule has 2 atom stereocenters. The number of amides is 3. The van der Waals surface area contributed by atoms with Crippen molar-refractivity contribution in [2.75, 3.05) is 37.6 Å². The maximum Gasteiger partial charge on any atom is 0.404 e. The normalized spacial score (nSPS) is 15.0. The van der Waals surface area contributed by atoms with Gasteiger partial charge in [0.05, 0.1) is 15.0 Å². The highest BCUT2D eigenvalue weighted by Gasteiger charge is 2.30. The van der Waals surface area contributed by atoms with E-state index in [1.54, 1.807) is 29.4 Å². The molecule has 1 aliphatic rings. The van der Waals surface area contributed by atoms with Gasteiger partial charge in [-0.15, -0.1) is 0 Å². The Labute approximate surface area is 238 Å². The molecule has 13 heteroatoms. The van der Waals surface area contributed by atoms with E-state index in [9.17, 15) is 19.5 Å². The Balaban J connectivity index is 1.62. The van der Waals surface area contributed by atoms with Crippen molar-refractivity contribution >= 4 is 55.5 Å². The number of anilines is 1. The smallest absolute Gasteiger partial charge is 0.404 e. The van der Waals surface area contributed by atoms with Crippen LogP contribution in [0.1, 0.15) is 24.8 Å². The summed E-state index contributed by atoms with van der Waals surface area (Å²) in [5, 5.41) is 23.8. The number of carboxylic acid groups (broad SMARTS) is 1. The van der Waals surface area contributed by atoms with Crippen molar-refractivity contribution in [2.24, 2.45) is 5.73 Å². The van der Waals surface area contributed by atoms with Crippen molar-refractivity contribution in [3.05, 3.63) is 51.2 Å². The van der Waals surface area contributed by atoms with E-state index in [2.05, 4.69) is 52.4 Å². The molecular weight excluding hydrogens is 624 g/mol. The molecular formula is C25H32Br2N6O5. The first kappa shape index (κ1) is 29.7. The number of nitrogens with zero attached hydrogens (tertiary/aromatic N) is 3. The molecule has 3 amide bonds. The first-order chi connectivity index (χ1) is 18.2. The number of piperazine rings is 1. The fraction of sp³-hybridized carbons (Fsp3) is 0.440. The maximum atomic E-state index is 13.4. The van der Waals surface area contributed by atoms with Gasteiger partial charge in [-0.2, -0.15) is 0 Å². The van der Waals surface area contributed by atoms with Crippen LogP contribution in [-0.2, 0) is 16.0 Å². The molecule has 0 aliphatic carbocycles. The highest BCUT2D eigenvalue weighted by Crippen LogP contribution is 2.33. The molecule has 6 N–H and O–H groups in total. The number of carbonyl (C=O) groups is 3. The van der Waals surface area contributed by atoms with Crippen molar-refractivity contribution in [1.82, 2.24) is 20.5 Å². The second kappa shape index (κ2) is 14.3. The maximum absolute atomic E-state index is 13.4. The fourth-order valence-corrected chi connectivity index (χ4v) is 5.53. The van der Waals surface area contributed by atoms with Crippen LogP contribution in [0.3, 0.4) is 0 Å². The third-order valence-electron chi connectivity index (χ3n) is 6.30. The molecule has 1 fully saturated rings. The molecule has 0 bridgehead atoms. The molecule has 206 valence electrons. The monoisotopic (exact) mass is 654 g/mol. The number of nitrogens with one attached hydrogen (secondary N) is 2. The van der Waals surface area contributed by atoms with Crippen LogP contribution in [0.15, 0.2) is 45.6 Å². The first-order valence-electron chi connectivity index (χ1n) is 12.3. The summed E-state index contributed by atoms with van der Waals surface area (Å²) in [6.45, 7) is 2.59. The summed E-state index contributed by atoms with van der Waals surface area (Å²) in [5.41, 5.74) is 7.97. The van der Waals surface area contributed by atoms with Gasteiger partial charge >= 0.3 is 6.09 Å². The van der Waals surface area contributed by atoms with Crippen LogP contribution in [0.2, 0.25) is 0 Å². The number of aromatic hydroxyl groups is 1. The molecule has 2 aromatic rings. The van der Waals surface area contributed by atoms with Gasteiger partial charge in [-0.1, -0.05) is 0 Å². The van der Waals surface area contributed by atoms with E-state index in [4.69, 9.17) is 10.8 Å². The van der Waals surface area contributed by atoms with E-state index < -0.39 is 24.1 Å². The zero-order valence-electron chi connectivity index (χ0n) is 20.8. The summed E-state index contributed by atoms with van der Waals surface area (Å²) >= 11 is 6.55. The Morgan fingerprint density at radius 2 is 1.68 bits per heavy atom. The van der Waals surface area contributed by atoms with E-state index in [0.717, 1.165) is 11.3 Å². The highest BCUT2D eigenvalue weighted by atomic mass is 79.9. The minimum Gasteiger partial charge on any atom is -0.506 e. The highest BCUT2D eigenvalue weighted by molar-refractivity contribution is 9.11. The summed E-state index contributed by atoms with van der Waals surface area (Å²) in [4.78, 5) is 45.1. The van der Waals surface area contributed by atoms with Crippen LogP contribution in [0.4, 0.5) is 10.5 Å². The number of pyridine rings is 1. The lowest BCUT2D eigenvalue weighted by Gasteiger charge is -2.37. The Morgan fingerprint density at radius 3 is 2.29 bits per heavy atom. The molecule has 3 rings (SSSR count). The van der Waals surface area contributed by atoms with Gasteiger partial charge in [0, 0.05) is 50.8 Å². The zero-order valence-corrected chi connectivity index (χ0v) is 23.9. The van der Waals surface area contributed by atoms with Crippen LogP contribution >= 0.6 is 31.9 Å². The number of hydrogen-bond acceptors (Lipinski definition) is 7. The van der Waals surface area contributed by atoms with E-state index >= 15 is 0 Å². The van der Waals surface area contributed by atoms with Gasteiger partial charge in [0.1, 0.15) is 11.8 Å². The second-order valence-electron chi connectivity index (χ2n) is 9.03. The van der Waals surface area contributed by atoms with Crippen LogP contribution in [-0.4, -0.2) is 82.8 Å². The van der Waals surface area contributed by atoms with Gasteiger partial charge in [0.2, 0.25) is 11.8 Å². The van der Waals surface area contributed by atoms with E-state index in [-0.39, 0.29) is 24.6 Å². The Bertz CT molecular complexity index is 1090. The molecule has 11 nitrogen and oxygen atoms in total. The lowest BCUT2D eigenvalue weighted by Crippen LogP contribution is -2.57. The Hall–Kier alpha value is -2.90. The molecule has 1 saturated heterocycles. The number of phenolic OH excluding ortho intramolecular Hbond substituents is 1. The molecule has 0 spiro atoms. The molecule has 2 heterocycles. The molecule has 0 radical (unpaired) electrons. The molecule has 1 aromatic carbocycles. The number of phenols is 1. The Kier molecular flexibility index (Phi) is 11.2. The van der Waals surface area contributed by atoms with E-state index in [0.29, 0.717) is 54.4 Å². The quantitative estimate of drug-likeness (QED) is 0.231. The Morgan fingerprint density at radius 1 is 1.05 bits per heavy atom. The lowest BCUT2D eigenvalue weighted by atomic mass is 10.0. The molecule has 1 aromatic heterocycles. The van der Waals surface area contributed by atoms with Crippen molar-refractivity contribution in [1.29, 1.82) is 0 Å². The van der Waals surface area contributed by atoms with Gasteiger partial charge in [-0.25, -0.2) is 4.79 Å². The number of halogens is 2. The zero-order chi connectivity index (χ0) is 27.7. The van der Waals surface area contributed by atoms with Crippen molar-refractivity contribution in [3.63, 3.8) is 0 Å². The van der Waals surface area contributed by atoms with Gasteiger partial charge in [-0.3, -0.25) is 14.6 Å². The predicted molar refractivity (Wildman–Crippen MR) is 150 cm³/mol. The molecule has 38 heavy (non-hydrogen) atoms. The average Bonchev–Trinajstić information content (AvgIpc) is 2.90. The number of hydrogen-bond donors (Lipinski definition) is 5. The van der Waals surface area contributed by atoms with Crippen molar-refractivity contribution in [3.8, 4) is 5.75 Å². The van der Waals surface area contributed by atoms with Crippen molar-refractivity contribution < 1.29 is 24.6 Å². The minimum absolute atomic E-state index is 0.0545. The largest absolute Gasteiger partial charge is 0.506 e. The SMILES string of the molecule is N[C@H](Cc1cc(Br)c(O)c(Br)c1)C(=O)N[C@H](CCCCNC(=O)O)C(=O)N1CCN(c2ccncc2)CC1. The van der Waals surface area contributed by atoms with Crippen LogP contribution < -0.4 is 21.3 Å². The van der Waals surface area contributed by atoms with Crippen LogP contribution in [0.5, 0.6) is 5.75 Å². The average molecular weight is 656 g/mol. The summed E-state index contributed by atoms with van der Waals surface area (Å²) in [5.74, 6) is -0.581. The second-order valence-corrected chi connectivity index (χ2v) is 10.7. The van der Waals surface area contributed by atoms with Crippen molar-refractivity contribution in [2.45, 2.75) is 37.8 Å². The number of rotatable bonds is 11. The number of carbonyl (C=O) groups excluding carboxylic acids is 2. The van der Waals surface area contributed by atoms with Gasteiger partial charge in [0.25, 0.3) is 0 Å². The summed E-state index contributed by atoms with van der Waals surface area (Å²) in [6.07, 6.45) is 4.00. The fourth-order valence-electron chi connectivity index (χ4n) is 4.25. The number of unbranched alkanes of at least 4 members (excludes halogenated alkanes) is 1. The number of nitrogens with two attached hydrogens (primary N) is 1. The summed E-state index contributed by atoms with van der Waals surface area (Å²) in [6, 6.07) is 5.55. The van der Waals surface area contributed by atoms with E-state index in [1.165, 1.54) is 0 Å². The first-order valence-corrected chi connectivity index (χ1v) is 13.9. The molecule has 0 saturated carbocycles. The summed E-state index contributed by atoms with van der Waals surface area (Å²) < 4.78 is 0.951. The van der Waals surface area contributed by atoms with Gasteiger partial charge in [-0.05, 0) is 87.4 Å². The third kappa shape index (κ3) is 8.57. The summed E-state index contributed by atoms with van der Waals surface area (Å²) in [7, 11) is 0. The lowest BCUT2D eigenvalue weighted by molar-refractivity contribution is -0.137. The van der Waals surface area contributed by atoms with Crippen LogP contribution in [0, 0.1) is 0 Å².